The number of nitrogens with zero attached hydrogens (tertiary/aromatic N) is 1. The van der Waals surface area contributed by atoms with Crippen molar-refractivity contribution in [3.8, 4) is 11.4 Å². The van der Waals surface area contributed by atoms with E-state index in [1.807, 2.05) is 0 Å². The molecule has 110 valence electrons. The topological polar surface area (TPSA) is 101 Å². The number of rotatable bonds is 4. The van der Waals surface area contributed by atoms with E-state index in [2.05, 4.69) is 4.98 Å². The second-order valence-electron chi connectivity index (χ2n) is 4.15. The number of aromatic amines is 1. The number of hydrogen-bond donors (Lipinski definition) is 2. The molecule has 0 unspecified atom stereocenters. The summed E-state index contributed by atoms with van der Waals surface area (Å²) < 4.78 is 5.81. The molecule has 0 saturated heterocycles. The van der Waals surface area contributed by atoms with Crippen molar-refractivity contribution in [3.05, 3.63) is 55.8 Å². The monoisotopic (exact) mass is 310 g/mol. The summed E-state index contributed by atoms with van der Waals surface area (Å²) in [5.41, 5.74) is -1.20. The maximum Gasteiger partial charge on any atom is 0.333 e. The lowest BCUT2D eigenvalue weighted by atomic mass is 10.2. The minimum Gasteiger partial charge on any atom is -0.495 e. The van der Waals surface area contributed by atoms with E-state index in [1.54, 1.807) is 0 Å². The summed E-state index contributed by atoms with van der Waals surface area (Å²) in [5, 5.41) is 8.98. The molecule has 8 heteroatoms. The van der Waals surface area contributed by atoms with Crippen molar-refractivity contribution in [2.75, 3.05) is 7.11 Å². The van der Waals surface area contributed by atoms with Crippen LogP contribution in [-0.4, -0.2) is 27.7 Å². The molecule has 0 bridgehead atoms. The van der Waals surface area contributed by atoms with Gasteiger partial charge < -0.3 is 14.8 Å². The number of carboxylic acid groups (broad SMARTS) is 1. The fraction of sp³-hybridized carbons (Fsp3) is 0.154. The molecule has 0 fully saturated rings. The third-order valence-electron chi connectivity index (χ3n) is 2.79. The SMILES string of the molecule is COc1ccc(-n2c(=O)[nH]cc(CC(=O)O)c2=O)cc1Cl. The van der Waals surface area contributed by atoms with E-state index < -0.39 is 23.6 Å². The van der Waals surface area contributed by atoms with E-state index in [1.165, 1.54) is 25.3 Å². The fourth-order valence-corrected chi connectivity index (χ4v) is 2.08. The minimum absolute atomic E-state index is 0.0333. The minimum atomic E-state index is -1.17. The lowest BCUT2D eigenvalue weighted by Gasteiger charge is -2.08. The quantitative estimate of drug-likeness (QED) is 0.870. The average Bonchev–Trinajstić information content (AvgIpc) is 2.42. The molecule has 0 amide bonds. The highest BCUT2D eigenvalue weighted by Gasteiger charge is 2.13. The summed E-state index contributed by atoms with van der Waals surface area (Å²) in [7, 11) is 1.44. The number of hydrogen-bond acceptors (Lipinski definition) is 4. The van der Waals surface area contributed by atoms with Gasteiger partial charge in [0.25, 0.3) is 5.56 Å². The number of carbonyl (C=O) groups is 1. The molecule has 0 aliphatic rings. The fourth-order valence-electron chi connectivity index (χ4n) is 1.83. The van der Waals surface area contributed by atoms with Crippen molar-refractivity contribution in [2.45, 2.75) is 6.42 Å². The molecule has 1 aromatic heterocycles. The van der Waals surface area contributed by atoms with Crippen LogP contribution in [0.25, 0.3) is 5.69 Å². The standard InChI is InChI=1S/C13H11ClN2O5/c1-21-10-3-2-8(5-9(10)14)16-12(19)7(4-11(17)18)6-15-13(16)20/h2-3,5-6H,4H2,1H3,(H,15,20)(H,17,18). The van der Waals surface area contributed by atoms with Gasteiger partial charge in [-0.1, -0.05) is 11.6 Å². The first-order valence-electron chi connectivity index (χ1n) is 5.83. The molecule has 0 saturated carbocycles. The molecule has 0 radical (unpaired) electrons. The van der Waals surface area contributed by atoms with Crippen LogP contribution in [0.1, 0.15) is 5.56 Å². The number of methoxy groups -OCH3 is 1. The second kappa shape index (κ2) is 5.84. The molecule has 7 nitrogen and oxygen atoms in total. The molecule has 0 spiro atoms. The van der Waals surface area contributed by atoms with Gasteiger partial charge in [-0.15, -0.1) is 0 Å². The first-order valence-corrected chi connectivity index (χ1v) is 6.21. The van der Waals surface area contributed by atoms with Crippen molar-refractivity contribution in [2.24, 2.45) is 0 Å². The first kappa shape index (κ1) is 14.9. The molecule has 0 atom stereocenters. The summed E-state index contributed by atoms with van der Waals surface area (Å²) in [6.07, 6.45) is 0.611. The highest BCUT2D eigenvalue weighted by molar-refractivity contribution is 6.32. The molecule has 2 aromatic rings. The van der Waals surface area contributed by atoms with Crippen molar-refractivity contribution >= 4 is 17.6 Å². The summed E-state index contributed by atoms with van der Waals surface area (Å²) in [6, 6.07) is 4.38. The average molecular weight is 311 g/mol. The Bertz CT molecular complexity index is 809. The molecule has 1 heterocycles. The van der Waals surface area contributed by atoms with Crippen LogP contribution in [0, 0.1) is 0 Å². The molecule has 2 rings (SSSR count). The van der Waals surface area contributed by atoms with E-state index in [9.17, 15) is 14.4 Å². The van der Waals surface area contributed by atoms with E-state index >= 15 is 0 Å². The summed E-state index contributed by atoms with van der Waals surface area (Å²) in [6.45, 7) is 0. The van der Waals surface area contributed by atoms with E-state index in [4.69, 9.17) is 21.4 Å². The zero-order chi connectivity index (χ0) is 15.6. The molecule has 0 aliphatic heterocycles. The van der Waals surface area contributed by atoms with Gasteiger partial charge in [-0.25, -0.2) is 9.36 Å². The van der Waals surface area contributed by atoms with Gasteiger partial charge in [-0.05, 0) is 18.2 Å². The number of halogens is 1. The van der Waals surface area contributed by atoms with Gasteiger partial charge in [0.05, 0.1) is 24.2 Å². The van der Waals surface area contributed by atoms with Crippen molar-refractivity contribution in [1.29, 1.82) is 0 Å². The van der Waals surface area contributed by atoms with Crippen LogP contribution in [0.3, 0.4) is 0 Å². The normalized spacial score (nSPS) is 10.4. The van der Waals surface area contributed by atoms with Crippen LogP contribution in [-0.2, 0) is 11.2 Å². The third kappa shape index (κ3) is 2.97. The first-order chi connectivity index (χ1) is 9.93. The highest BCUT2D eigenvalue weighted by atomic mass is 35.5. The number of benzene rings is 1. The smallest absolute Gasteiger partial charge is 0.333 e. The zero-order valence-corrected chi connectivity index (χ0v) is 11.7. The lowest BCUT2D eigenvalue weighted by Crippen LogP contribution is -2.36. The van der Waals surface area contributed by atoms with E-state index in [0.29, 0.717) is 5.75 Å². The largest absolute Gasteiger partial charge is 0.495 e. The van der Waals surface area contributed by atoms with Gasteiger partial charge in [-0.3, -0.25) is 9.59 Å². The molecular weight excluding hydrogens is 300 g/mol. The van der Waals surface area contributed by atoms with Crippen LogP contribution in [0.5, 0.6) is 5.75 Å². The van der Waals surface area contributed by atoms with Crippen LogP contribution in [0.4, 0.5) is 0 Å². The Labute approximate surface area is 123 Å². The predicted molar refractivity (Wildman–Crippen MR) is 75.6 cm³/mol. The van der Waals surface area contributed by atoms with Crippen molar-refractivity contribution in [3.63, 3.8) is 0 Å². The molecule has 0 aliphatic carbocycles. The Morgan fingerprint density at radius 3 is 2.71 bits per heavy atom. The predicted octanol–water partition coefficient (Wildman–Crippen LogP) is 0.815. The maximum atomic E-state index is 12.2. The Hall–Kier alpha value is -2.54. The van der Waals surface area contributed by atoms with E-state index in [-0.39, 0.29) is 16.3 Å². The Kier molecular flexibility index (Phi) is 4.13. The molecular formula is C13H11ClN2O5. The zero-order valence-electron chi connectivity index (χ0n) is 10.9. The summed E-state index contributed by atoms with van der Waals surface area (Å²) >= 11 is 5.96. The summed E-state index contributed by atoms with van der Waals surface area (Å²) in [5.74, 6) is -0.773. The highest BCUT2D eigenvalue weighted by Crippen LogP contribution is 2.25. The van der Waals surface area contributed by atoms with Gasteiger partial charge in [0.1, 0.15) is 5.75 Å². The Morgan fingerprint density at radius 1 is 1.43 bits per heavy atom. The van der Waals surface area contributed by atoms with Crippen LogP contribution >= 0.6 is 11.6 Å². The van der Waals surface area contributed by atoms with E-state index in [0.717, 1.165) is 10.8 Å². The molecule has 1 aromatic carbocycles. The number of aliphatic carboxylic acids is 1. The van der Waals surface area contributed by atoms with Crippen LogP contribution < -0.4 is 16.0 Å². The van der Waals surface area contributed by atoms with Crippen molar-refractivity contribution < 1.29 is 14.6 Å². The van der Waals surface area contributed by atoms with Gasteiger partial charge in [0, 0.05) is 11.8 Å². The van der Waals surface area contributed by atoms with Crippen LogP contribution in [0.2, 0.25) is 5.02 Å². The third-order valence-corrected chi connectivity index (χ3v) is 3.08. The Balaban J connectivity index is 2.63. The van der Waals surface area contributed by atoms with Gasteiger partial charge >= 0.3 is 11.7 Å². The van der Waals surface area contributed by atoms with Gasteiger partial charge in [0.2, 0.25) is 0 Å². The van der Waals surface area contributed by atoms with Gasteiger partial charge in [0.15, 0.2) is 0 Å². The molecule has 21 heavy (non-hydrogen) atoms. The summed E-state index contributed by atoms with van der Waals surface area (Å²) in [4.78, 5) is 37.1. The maximum absolute atomic E-state index is 12.2. The number of nitrogens with one attached hydrogen (secondary N) is 1. The number of aromatic nitrogens is 2. The molecule has 2 N–H and O–H groups in total. The Morgan fingerprint density at radius 2 is 2.14 bits per heavy atom. The van der Waals surface area contributed by atoms with Crippen LogP contribution in [0.15, 0.2) is 34.0 Å². The van der Waals surface area contributed by atoms with Crippen molar-refractivity contribution in [1.82, 2.24) is 9.55 Å². The van der Waals surface area contributed by atoms with Gasteiger partial charge in [-0.2, -0.15) is 0 Å². The number of H-pyrrole nitrogens is 1. The lowest BCUT2D eigenvalue weighted by molar-refractivity contribution is -0.136. The number of carboxylic acids is 1. The second-order valence-corrected chi connectivity index (χ2v) is 4.56. The number of ether oxygens (including phenoxy) is 1.